The number of hydrogen-bond donors (Lipinski definition) is 1. The Kier molecular flexibility index (Phi) is 5.43. The molecule has 1 unspecified atom stereocenters. The molecule has 1 N–H and O–H groups in total. The van der Waals surface area contributed by atoms with E-state index in [1.165, 1.54) is 5.56 Å². The van der Waals surface area contributed by atoms with Crippen LogP contribution in [0, 0.1) is 13.8 Å². The second-order valence-corrected chi connectivity index (χ2v) is 6.75. The maximum Gasteiger partial charge on any atom is 0.121 e. The average Bonchev–Trinajstić information content (AvgIpc) is 3.08. The molecule has 2 aromatic rings. The van der Waals surface area contributed by atoms with Crippen molar-refractivity contribution in [1.29, 1.82) is 0 Å². The molecular formula is C18H24ClN3O2. The summed E-state index contributed by atoms with van der Waals surface area (Å²) in [6, 6.07) is 7.57. The summed E-state index contributed by atoms with van der Waals surface area (Å²) < 4.78 is 7.94. The normalized spacial score (nSPS) is 18.2. The predicted molar refractivity (Wildman–Crippen MR) is 94.5 cm³/mol. The van der Waals surface area contributed by atoms with Crippen LogP contribution in [0.4, 0.5) is 0 Å². The van der Waals surface area contributed by atoms with Gasteiger partial charge in [0.1, 0.15) is 11.9 Å². The average molecular weight is 350 g/mol. The van der Waals surface area contributed by atoms with Crippen LogP contribution >= 0.6 is 11.6 Å². The molecule has 5 nitrogen and oxygen atoms in total. The molecule has 130 valence electrons. The first-order valence-electron chi connectivity index (χ1n) is 8.35. The third-order valence-electron chi connectivity index (χ3n) is 4.55. The molecule has 1 aromatic heterocycles. The molecular weight excluding hydrogens is 326 g/mol. The Morgan fingerprint density at radius 3 is 2.96 bits per heavy atom. The van der Waals surface area contributed by atoms with Gasteiger partial charge in [-0.2, -0.15) is 5.10 Å². The lowest BCUT2D eigenvalue weighted by Gasteiger charge is -2.17. The lowest BCUT2D eigenvalue weighted by Crippen LogP contribution is -2.25. The van der Waals surface area contributed by atoms with E-state index in [9.17, 15) is 0 Å². The largest absolute Gasteiger partial charge is 0.489 e. The standard InChI is InChI=1S/C18H24ClN3O2/c1-13-18(14(2)22(20-13)8-9-23)12-21-7-6-17(11-21)24-16-5-3-4-15(19)10-16/h3-5,10,17,23H,6-9,11-12H2,1-2H3. The van der Waals surface area contributed by atoms with Gasteiger partial charge in [0.15, 0.2) is 0 Å². The number of ether oxygens (including phenoxy) is 1. The van der Waals surface area contributed by atoms with Gasteiger partial charge >= 0.3 is 0 Å². The molecule has 0 aliphatic carbocycles. The van der Waals surface area contributed by atoms with E-state index in [0.717, 1.165) is 43.2 Å². The van der Waals surface area contributed by atoms with E-state index in [1.54, 1.807) is 0 Å². The number of aryl methyl sites for hydroxylation is 1. The molecule has 0 amide bonds. The molecule has 1 aliphatic rings. The first-order valence-corrected chi connectivity index (χ1v) is 8.73. The van der Waals surface area contributed by atoms with E-state index in [1.807, 2.05) is 35.9 Å². The highest BCUT2D eigenvalue weighted by Crippen LogP contribution is 2.24. The van der Waals surface area contributed by atoms with Crippen LogP contribution in [0.5, 0.6) is 5.75 Å². The van der Waals surface area contributed by atoms with Gasteiger partial charge in [-0.25, -0.2) is 0 Å². The van der Waals surface area contributed by atoms with Gasteiger partial charge in [0.25, 0.3) is 0 Å². The quantitative estimate of drug-likeness (QED) is 0.871. The van der Waals surface area contributed by atoms with Gasteiger partial charge in [0, 0.05) is 35.9 Å². The zero-order valence-electron chi connectivity index (χ0n) is 14.2. The Balaban J connectivity index is 1.60. The fourth-order valence-electron chi connectivity index (χ4n) is 3.27. The molecule has 1 saturated heterocycles. The van der Waals surface area contributed by atoms with Crippen LogP contribution in [0.1, 0.15) is 23.4 Å². The van der Waals surface area contributed by atoms with Gasteiger partial charge in [0.05, 0.1) is 18.8 Å². The number of aromatic nitrogens is 2. The Morgan fingerprint density at radius 1 is 1.38 bits per heavy atom. The van der Waals surface area contributed by atoms with Crippen LogP contribution in [0.3, 0.4) is 0 Å². The van der Waals surface area contributed by atoms with Crippen molar-refractivity contribution in [2.75, 3.05) is 19.7 Å². The molecule has 0 saturated carbocycles. The van der Waals surface area contributed by atoms with Crippen molar-refractivity contribution in [2.45, 2.75) is 39.5 Å². The summed E-state index contributed by atoms with van der Waals surface area (Å²) in [4.78, 5) is 2.40. The van der Waals surface area contributed by atoms with Crippen molar-refractivity contribution >= 4 is 11.6 Å². The molecule has 6 heteroatoms. The highest BCUT2D eigenvalue weighted by molar-refractivity contribution is 6.30. The van der Waals surface area contributed by atoms with Crippen molar-refractivity contribution in [1.82, 2.24) is 14.7 Å². The van der Waals surface area contributed by atoms with Gasteiger partial charge in [0.2, 0.25) is 0 Å². The molecule has 1 aromatic carbocycles. The first kappa shape index (κ1) is 17.3. The van der Waals surface area contributed by atoms with Gasteiger partial charge in [-0.15, -0.1) is 0 Å². The number of rotatable bonds is 6. The number of benzene rings is 1. The predicted octanol–water partition coefficient (Wildman–Crippen LogP) is 2.80. The van der Waals surface area contributed by atoms with Crippen molar-refractivity contribution in [3.8, 4) is 5.75 Å². The molecule has 2 heterocycles. The summed E-state index contributed by atoms with van der Waals surface area (Å²) in [6.07, 6.45) is 1.20. The highest BCUT2D eigenvalue weighted by atomic mass is 35.5. The van der Waals surface area contributed by atoms with E-state index in [0.29, 0.717) is 11.6 Å². The van der Waals surface area contributed by atoms with E-state index >= 15 is 0 Å². The smallest absolute Gasteiger partial charge is 0.121 e. The number of halogens is 1. The second-order valence-electron chi connectivity index (χ2n) is 6.32. The van der Waals surface area contributed by atoms with Gasteiger partial charge in [-0.1, -0.05) is 17.7 Å². The molecule has 0 bridgehead atoms. The van der Waals surface area contributed by atoms with Crippen LogP contribution < -0.4 is 4.74 Å². The van der Waals surface area contributed by atoms with Crippen LogP contribution in [0.25, 0.3) is 0 Å². The van der Waals surface area contributed by atoms with Crippen LogP contribution in [-0.4, -0.2) is 45.6 Å². The minimum atomic E-state index is 0.112. The third-order valence-corrected chi connectivity index (χ3v) is 4.79. The Hall–Kier alpha value is -1.56. The Morgan fingerprint density at radius 2 is 2.21 bits per heavy atom. The summed E-state index contributed by atoms with van der Waals surface area (Å²) in [5.41, 5.74) is 3.44. The Bertz CT molecular complexity index is 702. The van der Waals surface area contributed by atoms with Crippen molar-refractivity contribution in [2.24, 2.45) is 0 Å². The topological polar surface area (TPSA) is 50.5 Å². The molecule has 24 heavy (non-hydrogen) atoms. The number of likely N-dealkylation sites (tertiary alicyclic amines) is 1. The van der Waals surface area contributed by atoms with Crippen LogP contribution in [0.15, 0.2) is 24.3 Å². The molecule has 1 aliphatic heterocycles. The minimum absolute atomic E-state index is 0.112. The van der Waals surface area contributed by atoms with Crippen molar-refractivity contribution in [3.05, 3.63) is 46.2 Å². The fourth-order valence-corrected chi connectivity index (χ4v) is 3.45. The monoisotopic (exact) mass is 349 g/mol. The van der Waals surface area contributed by atoms with E-state index in [4.69, 9.17) is 21.4 Å². The maximum atomic E-state index is 9.13. The Labute approximate surface area is 147 Å². The van der Waals surface area contributed by atoms with Gasteiger partial charge in [-0.3, -0.25) is 9.58 Å². The van der Waals surface area contributed by atoms with Crippen molar-refractivity contribution < 1.29 is 9.84 Å². The van der Waals surface area contributed by atoms with E-state index in [2.05, 4.69) is 16.9 Å². The summed E-state index contributed by atoms with van der Waals surface area (Å²) in [5.74, 6) is 0.831. The zero-order chi connectivity index (χ0) is 17.1. The lowest BCUT2D eigenvalue weighted by atomic mass is 10.2. The second kappa shape index (κ2) is 7.55. The summed E-state index contributed by atoms with van der Waals surface area (Å²) in [6.45, 7) is 7.55. The van der Waals surface area contributed by atoms with Gasteiger partial charge in [-0.05, 0) is 38.5 Å². The fraction of sp³-hybridized carbons (Fsp3) is 0.500. The van der Waals surface area contributed by atoms with Crippen LogP contribution in [0.2, 0.25) is 5.02 Å². The summed E-state index contributed by atoms with van der Waals surface area (Å²) in [7, 11) is 0. The van der Waals surface area contributed by atoms with Crippen LogP contribution in [-0.2, 0) is 13.1 Å². The van der Waals surface area contributed by atoms with E-state index < -0.39 is 0 Å². The molecule has 3 rings (SSSR count). The maximum absolute atomic E-state index is 9.13. The number of aliphatic hydroxyl groups is 1. The molecule has 1 fully saturated rings. The lowest BCUT2D eigenvalue weighted by molar-refractivity contribution is 0.198. The molecule has 0 spiro atoms. The summed E-state index contributed by atoms with van der Waals surface area (Å²) >= 11 is 6.01. The number of aliphatic hydroxyl groups excluding tert-OH is 1. The number of hydrogen-bond acceptors (Lipinski definition) is 4. The highest BCUT2D eigenvalue weighted by Gasteiger charge is 2.25. The minimum Gasteiger partial charge on any atom is -0.489 e. The van der Waals surface area contributed by atoms with Crippen molar-refractivity contribution in [3.63, 3.8) is 0 Å². The zero-order valence-corrected chi connectivity index (χ0v) is 15.0. The molecule has 0 radical (unpaired) electrons. The SMILES string of the molecule is Cc1nn(CCO)c(C)c1CN1CCC(Oc2cccc(Cl)c2)C1. The molecule has 1 atom stereocenters. The number of nitrogens with zero attached hydrogens (tertiary/aromatic N) is 3. The van der Waals surface area contributed by atoms with E-state index in [-0.39, 0.29) is 12.7 Å². The first-order chi connectivity index (χ1) is 11.6. The van der Waals surface area contributed by atoms with Gasteiger partial charge < -0.3 is 9.84 Å². The third kappa shape index (κ3) is 3.91. The summed E-state index contributed by atoms with van der Waals surface area (Å²) in [5, 5.41) is 14.3.